The van der Waals surface area contributed by atoms with Crippen LogP contribution in [0.3, 0.4) is 0 Å². The quantitative estimate of drug-likeness (QED) is 0.0691. The number of alkyl carbamates (subject to hydrolysis) is 1. The van der Waals surface area contributed by atoms with Crippen molar-refractivity contribution in [2.24, 2.45) is 27.7 Å². The molecular weight excluding hydrogens is 1570 g/mol. The van der Waals surface area contributed by atoms with Gasteiger partial charge in [0.1, 0.15) is 65.2 Å². The second-order valence-corrected chi connectivity index (χ2v) is 29.7. The first-order valence-electron chi connectivity index (χ1n) is 30.5. The number of pyridine rings is 2. The van der Waals surface area contributed by atoms with E-state index in [9.17, 15) is 18.0 Å². The molecule has 3 fully saturated rings. The number of nitrogens with two attached hydrogens (primary N) is 4. The molecule has 8 heterocycles. The minimum atomic E-state index is -0.593. The molecule has 3 aromatic carbocycles. The van der Waals surface area contributed by atoms with Gasteiger partial charge in [-0.3, -0.25) is 0 Å². The van der Waals surface area contributed by atoms with Crippen molar-refractivity contribution in [2.45, 2.75) is 117 Å². The third kappa shape index (κ3) is 19.2. The Morgan fingerprint density at radius 1 is 0.619 bits per heavy atom. The van der Waals surface area contributed by atoms with Gasteiger partial charge in [0.05, 0.1) is 53.3 Å². The summed E-state index contributed by atoms with van der Waals surface area (Å²) < 4.78 is 50.3. The molecule has 5 aromatic heterocycles. The maximum atomic E-state index is 14.6. The zero-order chi connectivity index (χ0) is 67.1. The Morgan fingerprint density at radius 2 is 1.04 bits per heavy atom. The summed E-state index contributed by atoms with van der Waals surface area (Å²) in [6.07, 6.45) is 20.5. The van der Waals surface area contributed by atoms with Crippen molar-refractivity contribution in [1.82, 2.24) is 50.5 Å². The molecule has 3 saturated heterocycles. The van der Waals surface area contributed by atoms with Crippen LogP contribution < -0.4 is 72.9 Å². The molecule has 0 unspecified atom stereocenters. The van der Waals surface area contributed by atoms with Crippen molar-refractivity contribution < 1.29 is 53.7 Å². The molecule has 14 rings (SSSR count). The van der Waals surface area contributed by atoms with E-state index in [0.29, 0.717) is 49.6 Å². The summed E-state index contributed by atoms with van der Waals surface area (Å²) in [6, 6.07) is 18.7. The molecule has 18 nitrogen and oxygen atoms in total. The molecule has 1 amide bonds. The summed E-state index contributed by atoms with van der Waals surface area (Å²) in [5, 5.41) is 7.93. The molecule has 8 aromatic rings. The number of amides is 1. The second-order valence-electron chi connectivity index (χ2n) is 25.0. The molecule has 97 heavy (non-hydrogen) atoms. The number of benzene rings is 3. The molecule has 0 saturated carbocycles. The van der Waals surface area contributed by atoms with Crippen LogP contribution in [0, 0.1) is 33.7 Å². The molecular formula is C66H75Br3Cl4F3N16NaO2S2. The minimum Gasteiger partial charge on any atom is -0.778 e. The smallest absolute Gasteiger partial charge is 0.778 e. The number of fused-ring (bicyclic) bond motifs is 3. The summed E-state index contributed by atoms with van der Waals surface area (Å²) in [4.78, 5) is 51.6. The predicted octanol–water partition coefficient (Wildman–Crippen LogP) is 12.1. The molecule has 514 valence electrons. The van der Waals surface area contributed by atoms with Gasteiger partial charge in [-0.15, -0.1) is 24.8 Å². The number of piperidine rings is 3. The van der Waals surface area contributed by atoms with Crippen LogP contribution in [0.5, 0.6) is 0 Å². The predicted molar refractivity (Wildman–Crippen MR) is 391 cm³/mol. The number of nitrogen functional groups attached to an aromatic ring is 2. The van der Waals surface area contributed by atoms with Crippen LogP contribution in [-0.4, -0.2) is 90.8 Å². The van der Waals surface area contributed by atoms with E-state index in [0.717, 1.165) is 143 Å². The third-order valence-electron chi connectivity index (χ3n) is 18.2. The van der Waals surface area contributed by atoms with Crippen molar-refractivity contribution in [2.75, 3.05) is 60.5 Å². The first-order chi connectivity index (χ1) is 44.9. The van der Waals surface area contributed by atoms with Gasteiger partial charge < -0.3 is 60.7 Å². The first-order valence-corrected chi connectivity index (χ1v) is 34.8. The van der Waals surface area contributed by atoms with Crippen LogP contribution >= 0.6 is 108 Å². The molecule has 3 aliphatic heterocycles. The van der Waals surface area contributed by atoms with Gasteiger partial charge in [-0.2, -0.15) is 4.90 Å². The first kappa shape index (κ1) is 79.8. The van der Waals surface area contributed by atoms with Crippen molar-refractivity contribution in [3.05, 3.63) is 191 Å². The van der Waals surface area contributed by atoms with E-state index in [-0.39, 0.29) is 108 Å². The monoisotopic (exact) mass is 1650 g/mol. The molecule has 10 N–H and O–H groups in total. The molecule has 3 aliphatic carbocycles. The van der Waals surface area contributed by atoms with E-state index in [1.807, 2.05) is 39.0 Å². The summed E-state index contributed by atoms with van der Waals surface area (Å²) in [5.74, 6) is 1.82. The Kier molecular flexibility index (Phi) is 28.7. The Morgan fingerprint density at radius 3 is 1.48 bits per heavy atom. The van der Waals surface area contributed by atoms with Gasteiger partial charge >= 0.3 is 35.7 Å². The third-order valence-corrected chi connectivity index (χ3v) is 21.7. The topological polar surface area (TPSA) is 264 Å². The van der Waals surface area contributed by atoms with Gasteiger partial charge in [-0.25, -0.2) is 57.8 Å². The van der Waals surface area contributed by atoms with Crippen molar-refractivity contribution in [3.63, 3.8) is 0 Å². The Hall–Kier alpha value is -4.49. The SMILES string of the molecule is Brc1cnc(Br)cn1.CC(C)(C)OC(=O)N[C@@H]1c2cccc(F)c2CC12CCN(c1cnc(Br)cn1)CC2.Cl.Cl.N[C@@H]1c2cccc(F)c2CC12CCNCC2.Nc1nccc(Sc2cnc(N3CCC4(CC3)Cc3c(F)cccc3[C@H]4N)cn2)c1Cl.Nc1nccc([S-])c1Cl.[3HH].[Na+]. The van der Waals surface area contributed by atoms with Crippen LogP contribution in [0.1, 0.15) is 112 Å². The largest absolute Gasteiger partial charge is 1.00 e. The molecule has 0 bridgehead atoms. The van der Waals surface area contributed by atoms with E-state index in [4.69, 9.17) is 63.5 Å². The number of ether oxygens (including phenoxy) is 1. The Labute approximate surface area is 644 Å². The second kappa shape index (κ2) is 34.9. The van der Waals surface area contributed by atoms with Gasteiger partial charge in [0.2, 0.25) is 0 Å². The standard InChI is InChI=1S/C22H26BrFN4O2.C22H22ClFN6S.C13H17FN2.C5H5ClN2S.C4H2Br2N2.2ClH.Na.H2/c1-21(2,3)30-20(29)27-19-14-5-4-6-16(24)15(14)11-22(19)7-9-28(10-8-22)18-13-25-17(23)12-26-18;23-19-16(4-7-27-21(19)26)31-18-12-28-17(11-29-18)30-8-5-22(6-9-30)10-14-13(20(22)25)2-1-3-15(14)24;14-11-3-1-2-9-10(11)8-13(12(9)15)4-6-16-7-5-13;6-4-3(9)1-2-8-5(4)7;5-3-1-7-4(6)2-8-3;;;;/h4-6,12-13,19H,7-11H2,1-3H3,(H,27,29);1-4,7,11-12,20H,5-6,8-10,25H2,(H2,26,27);1-3,12,16H,4-8,15H2;1-2H,(H3,7,8,9);1-2H;2*1H;;1H/q;;;;;;;+1;/p-1/t19-;20-;12-;;;;;;/m111....../s1/i;;;;;;;;1+2. The number of anilines is 4. The molecule has 6 aliphatic rings. The molecule has 31 heteroatoms. The zero-order valence-corrected chi connectivity index (χ0v) is 65.1. The normalized spacial score (nSPS) is 18.6. The fourth-order valence-electron chi connectivity index (χ4n) is 13.3. The fourth-order valence-corrected chi connectivity index (χ4v) is 15.1. The van der Waals surface area contributed by atoms with Gasteiger partial charge in [-0.1, -0.05) is 77.4 Å². The Bertz CT molecular complexity index is 3930. The van der Waals surface area contributed by atoms with E-state index in [1.54, 1.807) is 79.8 Å². The number of hydrogen-bond donors (Lipinski definition) is 6. The number of aromatic nitrogens is 8. The number of rotatable bonds is 5. The van der Waals surface area contributed by atoms with Crippen LogP contribution in [0.25, 0.3) is 0 Å². The average Bonchev–Trinajstić information content (AvgIpc) is 1.61. The van der Waals surface area contributed by atoms with E-state index in [1.165, 1.54) is 30.1 Å². The van der Waals surface area contributed by atoms with Gasteiger partial charge in [0, 0.05) is 62.4 Å². The average molecular weight is 1650 g/mol. The number of carbonyl (C=O) groups is 1. The van der Waals surface area contributed by atoms with Crippen molar-refractivity contribution >= 4 is 150 Å². The van der Waals surface area contributed by atoms with Crippen LogP contribution in [0.4, 0.5) is 41.2 Å². The van der Waals surface area contributed by atoms with Crippen LogP contribution in [0.2, 0.25) is 10.0 Å². The minimum absolute atomic E-state index is 0. The maximum absolute atomic E-state index is 14.6. The van der Waals surface area contributed by atoms with Gasteiger partial charge in [0.25, 0.3) is 0 Å². The number of hydrogen-bond acceptors (Lipinski definition) is 19. The number of nitrogens with one attached hydrogen (secondary N) is 2. The summed E-state index contributed by atoms with van der Waals surface area (Å²) in [5.41, 5.74) is 28.4. The summed E-state index contributed by atoms with van der Waals surface area (Å²) >= 11 is 27.6. The van der Waals surface area contributed by atoms with E-state index >= 15 is 0 Å². The van der Waals surface area contributed by atoms with Crippen LogP contribution in [-0.2, 0) is 36.6 Å². The van der Waals surface area contributed by atoms with Crippen LogP contribution in [0.15, 0.2) is 145 Å². The zero-order valence-electron chi connectivity index (χ0n) is 53.6. The van der Waals surface area contributed by atoms with Crippen molar-refractivity contribution in [1.29, 1.82) is 0 Å². The maximum Gasteiger partial charge on any atom is 1.00 e. The molecule has 3 spiro atoms. The van der Waals surface area contributed by atoms with Gasteiger partial charge in [-0.05, 0) is 208 Å². The summed E-state index contributed by atoms with van der Waals surface area (Å²) in [7, 11) is 0. The number of carbonyl (C=O) groups excluding carboxylic acids is 1. The summed E-state index contributed by atoms with van der Waals surface area (Å²) in [6.45, 7) is 10.7. The van der Waals surface area contributed by atoms with E-state index < -0.39 is 11.7 Å². The van der Waals surface area contributed by atoms with Gasteiger partial charge in [0.15, 0.2) is 0 Å². The molecule has 3 atom stereocenters. The number of halogens is 10. The van der Waals surface area contributed by atoms with Crippen molar-refractivity contribution in [3.8, 4) is 0 Å². The number of nitrogens with zero attached hydrogens (tertiary/aromatic N) is 10. The fraction of sp³-hybridized carbons (Fsp3) is 0.379. The molecule has 0 radical (unpaired) electrons. The van der Waals surface area contributed by atoms with E-state index in [2.05, 4.69) is 108 Å². The Balaban J connectivity index is 0.000000209.